The molecule has 3 rings (SSSR count). The second-order valence-electron chi connectivity index (χ2n) is 6.61. The highest BCUT2D eigenvalue weighted by Crippen LogP contribution is 2.38. The Hall–Kier alpha value is -1.93. The van der Waals surface area contributed by atoms with Gasteiger partial charge in [-0.3, -0.25) is 9.59 Å². The fraction of sp³-hybridized carbons (Fsp3) is 0.611. The lowest BCUT2D eigenvalue weighted by Crippen LogP contribution is -2.35. The zero-order chi connectivity index (χ0) is 18.5. The molecule has 1 fully saturated rings. The molecule has 7 nitrogen and oxygen atoms in total. The molecule has 2 amide bonds. The molecule has 2 aliphatic rings. The third-order valence-electron chi connectivity index (χ3n) is 4.55. The van der Waals surface area contributed by atoms with Gasteiger partial charge >= 0.3 is 5.97 Å². The summed E-state index contributed by atoms with van der Waals surface area (Å²) in [4.78, 5) is 37.1. The summed E-state index contributed by atoms with van der Waals surface area (Å²) in [6, 6.07) is 0. The van der Waals surface area contributed by atoms with Crippen LogP contribution in [0.5, 0.6) is 0 Å². The minimum absolute atomic E-state index is 0.0462. The van der Waals surface area contributed by atoms with E-state index in [1.54, 1.807) is 0 Å². The van der Waals surface area contributed by atoms with E-state index in [0.717, 1.165) is 55.6 Å². The van der Waals surface area contributed by atoms with Crippen LogP contribution in [0.15, 0.2) is 0 Å². The predicted octanol–water partition coefficient (Wildman–Crippen LogP) is 2.04. The highest BCUT2D eigenvalue weighted by molar-refractivity contribution is 7.17. The van der Waals surface area contributed by atoms with Gasteiger partial charge in [0.2, 0.25) is 5.91 Å². The van der Waals surface area contributed by atoms with Gasteiger partial charge in [-0.2, -0.15) is 0 Å². The van der Waals surface area contributed by atoms with Crippen molar-refractivity contribution in [3.8, 4) is 0 Å². The number of carbonyl (C=O) groups is 3. The Morgan fingerprint density at radius 1 is 1.23 bits per heavy atom. The van der Waals surface area contributed by atoms with E-state index in [1.807, 2.05) is 0 Å². The zero-order valence-electron chi connectivity index (χ0n) is 14.9. The number of ether oxygens (including phenoxy) is 2. The fourth-order valence-corrected chi connectivity index (χ4v) is 4.64. The molecule has 2 N–H and O–H groups in total. The van der Waals surface area contributed by atoms with Crippen molar-refractivity contribution in [2.75, 3.05) is 25.1 Å². The van der Waals surface area contributed by atoms with Gasteiger partial charge in [0.15, 0.2) is 6.61 Å². The molecular weight excluding hydrogens is 356 g/mol. The minimum Gasteiger partial charge on any atom is -0.452 e. The van der Waals surface area contributed by atoms with E-state index in [9.17, 15) is 14.4 Å². The summed E-state index contributed by atoms with van der Waals surface area (Å²) in [6.45, 7) is 2.23. The third-order valence-corrected chi connectivity index (χ3v) is 5.76. The van der Waals surface area contributed by atoms with Crippen LogP contribution < -0.4 is 10.6 Å². The Morgan fingerprint density at radius 3 is 2.77 bits per heavy atom. The first-order valence-corrected chi connectivity index (χ1v) is 9.84. The first-order valence-electron chi connectivity index (χ1n) is 9.02. The van der Waals surface area contributed by atoms with Gasteiger partial charge in [-0.05, 0) is 44.1 Å². The molecule has 1 saturated heterocycles. The molecule has 1 unspecified atom stereocenters. The lowest BCUT2D eigenvalue weighted by molar-refractivity contribution is -0.124. The van der Waals surface area contributed by atoms with Crippen LogP contribution in [-0.2, 0) is 31.9 Å². The Balaban J connectivity index is 1.60. The number of amides is 2. The number of hydrogen-bond acceptors (Lipinski definition) is 6. The molecule has 0 bridgehead atoms. The molecule has 1 atom stereocenters. The largest absolute Gasteiger partial charge is 0.452 e. The van der Waals surface area contributed by atoms with Crippen LogP contribution >= 0.6 is 11.3 Å². The summed E-state index contributed by atoms with van der Waals surface area (Å²) < 4.78 is 10.7. The molecule has 26 heavy (non-hydrogen) atoms. The minimum atomic E-state index is -0.555. The van der Waals surface area contributed by atoms with Crippen LogP contribution in [0.3, 0.4) is 0 Å². The number of esters is 1. The van der Waals surface area contributed by atoms with Crippen LogP contribution in [0.1, 0.15) is 53.4 Å². The Kier molecular flexibility index (Phi) is 6.26. The smallest absolute Gasteiger partial charge is 0.341 e. The van der Waals surface area contributed by atoms with E-state index in [2.05, 4.69) is 10.6 Å². The summed E-state index contributed by atoms with van der Waals surface area (Å²) in [5, 5.41) is 5.97. The van der Waals surface area contributed by atoms with Crippen molar-refractivity contribution >= 4 is 34.1 Å². The molecule has 0 radical (unpaired) electrons. The molecule has 0 aromatic carbocycles. The number of rotatable bonds is 6. The standard InChI is InChI=1S/C18H24N2O5S/c1-11(21)20-17-16(13-6-2-3-7-14(13)26-17)18(23)25-10-15(22)19-9-12-5-4-8-24-12/h12H,2-10H2,1H3,(H,19,22)(H,20,21). The summed E-state index contributed by atoms with van der Waals surface area (Å²) in [5.41, 5.74) is 1.36. The van der Waals surface area contributed by atoms with Crippen LogP contribution in [0.4, 0.5) is 5.00 Å². The second-order valence-corrected chi connectivity index (χ2v) is 7.72. The number of carbonyl (C=O) groups excluding carboxylic acids is 3. The quantitative estimate of drug-likeness (QED) is 0.737. The molecule has 1 aliphatic carbocycles. The summed E-state index contributed by atoms with van der Waals surface area (Å²) >= 11 is 1.43. The molecular formula is C18H24N2O5S. The van der Waals surface area contributed by atoms with Gasteiger partial charge in [-0.1, -0.05) is 0 Å². The summed E-state index contributed by atoms with van der Waals surface area (Å²) in [7, 11) is 0. The average Bonchev–Trinajstić information content (AvgIpc) is 3.24. The number of thiophene rings is 1. The van der Waals surface area contributed by atoms with Crippen molar-refractivity contribution in [3.05, 3.63) is 16.0 Å². The van der Waals surface area contributed by atoms with Gasteiger partial charge in [0.25, 0.3) is 5.91 Å². The SMILES string of the molecule is CC(=O)Nc1sc2c(c1C(=O)OCC(=O)NCC1CCCO1)CCCC2. The second kappa shape index (κ2) is 8.64. The normalized spacial score (nSPS) is 18.9. The van der Waals surface area contributed by atoms with Crippen molar-refractivity contribution < 1.29 is 23.9 Å². The van der Waals surface area contributed by atoms with Crippen LogP contribution in [0, 0.1) is 0 Å². The van der Waals surface area contributed by atoms with Crippen molar-refractivity contribution in [2.45, 2.75) is 51.6 Å². The number of aryl methyl sites for hydroxylation is 1. The molecule has 0 saturated carbocycles. The maximum absolute atomic E-state index is 12.6. The van der Waals surface area contributed by atoms with E-state index in [-0.39, 0.29) is 24.5 Å². The summed E-state index contributed by atoms with van der Waals surface area (Å²) in [5.74, 6) is -1.13. The molecule has 1 aliphatic heterocycles. The van der Waals surface area contributed by atoms with E-state index >= 15 is 0 Å². The number of anilines is 1. The van der Waals surface area contributed by atoms with Crippen molar-refractivity contribution in [2.24, 2.45) is 0 Å². The zero-order valence-corrected chi connectivity index (χ0v) is 15.7. The third kappa shape index (κ3) is 4.62. The highest BCUT2D eigenvalue weighted by Gasteiger charge is 2.27. The maximum Gasteiger partial charge on any atom is 0.341 e. The van der Waals surface area contributed by atoms with E-state index in [1.165, 1.54) is 18.3 Å². The number of fused-ring (bicyclic) bond motifs is 1. The van der Waals surface area contributed by atoms with Crippen molar-refractivity contribution in [1.29, 1.82) is 0 Å². The van der Waals surface area contributed by atoms with Gasteiger partial charge in [0.1, 0.15) is 5.00 Å². The van der Waals surface area contributed by atoms with Crippen LogP contribution in [0.25, 0.3) is 0 Å². The first kappa shape index (κ1) is 18.8. The Morgan fingerprint density at radius 2 is 2.04 bits per heavy atom. The molecule has 1 aromatic rings. The monoisotopic (exact) mass is 380 g/mol. The topological polar surface area (TPSA) is 93.7 Å². The lowest BCUT2D eigenvalue weighted by Gasteiger charge is -2.13. The van der Waals surface area contributed by atoms with Gasteiger partial charge in [-0.15, -0.1) is 11.3 Å². The predicted molar refractivity (Wildman–Crippen MR) is 97.5 cm³/mol. The highest BCUT2D eigenvalue weighted by atomic mass is 32.1. The van der Waals surface area contributed by atoms with Crippen molar-refractivity contribution in [3.63, 3.8) is 0 Å². The first-order chi connectivity index (χ1) is 12.5. The van der Waals surface area contributed by atoms with Crippen molar-refractivity contribution in [1.82, 2.24) is 5.32 Å². The van der Waals surface area contributed by atoms with Gasteiger partial charge in [0.05, 0.1) is 11.7 Å². The van der Waals surface area contributed by atoms with Gasteiger partial charge in [0, 0.05) is 25.0 Å². The summed E-state index contributed by atoms with van der Waals surface area (Å²) in [6.07, 6.45) is 5.76. The van der Waals surface area contributed by atoms with Gasteiger partial charge in [-0.25, -0.2) is 4.79 Å². The van der Waals surface area contributed by atoms with E-state index < -0.39 is 5.97 Å². The fourth-order valence-electron chi connectivity index (χ4n) is 3.32. The lowest BCUT2D eigenvalue weighted by atomic mass is 9.95. The van der Waals surface area contributed by atoms with E-state index in [4.69, 9.17) is 9.47 Å². The molecule has 0 spiro atoms. The number of hydrogen-bond donors (Lipinski definition) is 2. The Labute approximate surface area is 156 Å². The maximum atomic E-state index is 12.6. The Bertz CT molecular complexity index is 694. The number of nitrogens with one attached hydrogen (secondary N) is 2. The van der Waals surface area contributed by atoms with E-state index in [0.29, 0.717) is 17.1 Å². The van der Waals surface area contributed by atoms with Crippen LogP contribution in [-0.4, -0.2) is 43.6 Å². The molecule has 8 heteroatoms. The molecule has 1 aromatic heterocycles. The van der Waals surface area contributed by atoms with Crippen LogP contribution in [0.2, 0.25) is 0 Å². The molecule has 142 valence electrons. The molecule has 2 heterocycles. The average molecular weight is 380 g/mol. The van der Waals surface area contributed by atoms with Gasteiger partial charge < -0.3 is 20.1 Å².